The van der Waals surface area contributed by atoms with Crippen LogP contribution in [0.5, 0.6) is 11.5 Å². The van der Waals surface area contributed by atoms with E-state index < -0.39 is 5.79 Å². The summed E-state index contributed by atoms with van der Waals surface area (Å²) in [6.07, 6.45) is 1.37. The second kappa shape index (κ2) is 9.36. The van der Waals surface area contributed by atoms with Crippen LogP contribution < -0.4 is 14.8 Å². The summed E-state index contributed by atoms with van der Waals surface area (Å²) in [5, 5.41) is 2.75. The van der Waals surface area contributed by atoms with Crippen molar-refractivity contribution in [3.63, 3.8) is 0 Å². The van der Waals surface area contributed by atoms with E-state index in [0.717, 1.165) is 0 Å². The van der Waals surface area contributed by atoms with Crippen molar-refractivity contribution in [2.24, 2.45) is 0 Å². The molecule has 0 aromatic heterocycles. The number of methoxy groups -OCH3 is 1. The monoisotopic (exact) mass is 426 g/mol. The van der Waals surface area contributed by atoms with Crippen molar-refractivity contribution in [1.82, 2.24) is 4.90 Å². The van der Waals surface area contributed by atoms with E-state index in [9.17, 15) is 9.59 Å². The molecule has 2 saturated heterocycles. The number of nitrogens with one attached hydrogen (secondary N) is 1. The zero-order chi connectivity index (χ0) is 21.7. The summed E-state index contributed by atoms with van der Waals surface area (Å²) in [5.74, 6) is 0.357. The molecule has 8 heteroatoms. The molecule has 2 heterocycles. The van der Waals surface area contributed by atoms with Gasteiger partial charge in [-0.3, -0.25) is 9.59 Å². The number of hydrogen-bond acceptors (Lipinski definition) is 6. The molecule has 0 bridgehead atoms. The van der Waals surface area contributed by atoms with Crippen LogP contribution in [0.25, 0.3) is 0 Å². The number of anilines is 1. The van der Waals surface area contributed by atoms with Gasteiger partial charge in [-0.15, -0.1) is 0 Å². The lowest BCUT2D eigenvalue weighted by atomic mass is 10.0. The van der Waals surface area contributed by atoms with Gasteiger partial charge in [0.05, 0.1) is 20.3 Å². The van der Waals surface area contributed by atoms with E-state index in [1.807, 2.05) is 4.90 Å². The number of benzene rings is 2. The first-order chi connectivity index (χ1) is 15.1. The molecule has 1 N–H and O–H groups in total. The Morgan fingerprint density at radius 2 is 1.74 bits per heavy atom. The molecule has 0 radical (unpaired) electrons. The van der Waals surface area contributed by atoms with Crippen LogP contribution in [0.1, 0.15) is 23.2 Å². The maximum atomic E-state index is 12.8. The Hall–Kier alpha value is -3.10. The van der Waals surface area contributed by atoms with Crippen molar-refractivity contribution < 1.29 is 28.5 Å². The number of piperidine rings is 1. The highest BCUT2D eigenvalue weighted by atomic mass is 16.7. The van der Waals surface area contributed by atoms with Crippen molar-refractivity contribution in [3.05, 3.63) is 54.1 Å². The summed E-state index contributed by atoms with van der Waals surface area (Å²) in [6.45, 7) is 2.29. The Labute approximate surface area is 181 Å². The molecule has 2 amide bonds. The number of carbonyl (C=O) groups is 2. The van der Waals surface area contributed by atoms with Crippen LogP contribution in [0.2, 0.25) is 0 Å². The second-order valence-corrected chi connectivity index (χ2v) is 7.49. The van der Waals surface area contributed by atoms with Crippen molar-refractivity contribution in [1.29, 1.82) is 0 Å². The molecule has 2 aromatic rings. The van der Waals surface area contributed by atoms with E-state index in [1.165, 1.54) is 0 Å². The first-order valence-corrected chi connectivity index (χ1v) is 10.3. The van der Waals surface area contributed by atoms with E-state index >= 15 is 0 Å². The summed E-state index contributed by atoms with van der Waals surface area (Å²) < 4.78 is 22.1. The Morgan fingerprint density at radius 3 is 2.42 bits per heavy atom. The summed E-state index contributed by atoms with van der Waals surface area (Å²) in [6, 6.07) is 13.9. The fourth-order valence-corrected chi connectivity index (χ4v) is 3.76. The number of amides is 2. The molecule has 2 aliphatic heterocycles. The van der Waals surface area contributed by atoms with Crippen LogP contribution in [0.4, 0.5) is 5.69 Å². The van der Waals surface area contributed by atoms with Gasteiger partial charge in [0, 0.05) is 43.2 Å². The predicted octanol–water partition coefficient (Wildman–Crippen LogP) is 2.69. The smallest absolute Gasteiger partial charge is 0.262 e. The minimum atomic E-state index is -0.500. The number of rotatable bonds is 6. The minimum Gasteiger partial charge on any atom is -0.497 e. The largest absolute Gasteiger partial charge is 0.497 e. The van der Waals surface area contributed by atoms with Gasteiger partial charge < -0.3 is 29.2 Å². The third kappa shape index (κ3) is 5.15. The third-order valence-electron chi connectivity index (χ3n) is 5.45. The molecule has 0 atom stereocenters. The molecule has 8 nitrogen and oxygen atoms in total. The van der Waals surface area contributed by atoms with Gasteiger partial charge in [-0.25, -0.2) is 0 Å². The molecule has 1 spiro atoms. The van der Waals surface area contributed by atoms with Crippen LogP contribution >= 0.6 is 0 Å². The van der Waals surface area contributed by atoms with Gasteiger partial charge in [0.25, 0.3) is 11.8 Å². The Kier molecular flexibility index (Phi) is 6.39. The number of ether oxygens (including phenoxy) is 4. The first-order valence-electron chi connectivity index (χ1n) is 10.3. The van der Waals surface area contributed by atoms with Gasteiger partial charge in [0.1, 0.15) is 11.5 Å². The molecule has 0 unspecified atom stereocenters. The van der Waals surface area contributed by atoms with E-state index in [1.54, 1.807) is 55.6 Å². The van der Waals surface area contributed by atoms with Crippen LogP contribution in [0, 0.1) is 0 Å². The zero-order valence-corrected chi connectivity index (χ0v) is 17.5. The van der Waals surface area contributed by atoms with E-state index in [-0.39, 0.29) is 18.4 Å². The van der Waals surface area contributed by atoms with Gasteiger partial charge in [0.2, 0.25) is 0 Å². The number of hydrogen-bond donors (Lipinski definition) is 1. The first kappa shape index (κ1) is 21.1. The highest BCUT2D eigenvalue weighted by molar-refractivity contribution is 5.94. The Balaban J connectivity index is 1.26. The van der Waals surface area contributed by atoms with E-state index in [2.05, 4.69) is 5.32 Å². The van der Waals surface area contributed by atoms with Crippen LogP contribution in [-0.2, 0) is 14.3 Å². The fraction of sp³-hybridized carbons (Fsp3) is 0.391. The van der Waals surface area contributed by atoms with Gasteiger partial charge >= 0.3 is 0 Å². The lowest BCUT2D eigenvalue weighted by molar-refractivity contribution is -0.181. The molecule has 2 aromatic carbocycles. The van der Waals surface area contributed by atoms with Crippen LogP contribution in [-0.4, -0.2) is 62.5 Å². The normalized spacial score (nSPS) is 17.4. The summed E-state index contributed by atoms with van der Waals surface area (Å²) in [7, 11) is 1.57. The number of nitrogens with zero attached hydrogens (tertiary/aromatic N) is 1. The highest BCUT2D eigenvalue weighted by Crippen LogP contribution is 2.31. The standard InChI is InChI=1S/C23H26N2O6/c1-28-20-4-2-3-18(15-20)24-21(26)16-29-19-7-5-17(6-8-19)22(27)25-11-9-23(10-12-25)30-13-14-31-23/h2-8,15H,9-14,16H2,1H3,(H,24,26). The third-order valence-corrected chi connectivity index (χ3v) is 5.45. The number of likely N-dealkylation sites (tertiary alicyclic amines) is 1. The van der Waals surface area contributed by atoms with Gasteiger partial charge in [-0.1, -0.05) is 6.07 Å². The second-order valence-electron chi connectivity index (χ2n) is 7.49. The molecule has 4 rings (SSSR count). The Morgan fingerprint density at radius 1 is 1.03 bits per heavy atom. The van der Waals surface area contributed by atoms with E-state index in [4.69, 9.17) is 18.9 Å². The molecule has 0 aliphatic carbocycles. The van der Waals surface area contributed by atoms with Crippen LogP contribution in [0.15, 0.2) is 48.5 Å². The quantitative estimate of drug-likeness (QED) is 0.764. The topological polar surface area (TPSA) is 86.3 Å². The number of carbonyl (C=O) groups excluding carboxylic acids is 2. The molecule has 164 valence electrons. The summed E-state index contributed by atoms with van der Waals surface area (Å²) >= 11 is 0. The van der Waals surface area contributed by atoms with E-state index in [0.29, 0.717) is 61.9 Å². The highest BCUT2D eigenvalue weighted by Gasteiger charge is 2.40. The predicted molar refractivity (Wildman–Crippen MR) is 113 cm³/mol. The fourth-order valence-electron chi connectivity index (χ4n) is 3.76. The lowest BCUT2D eigenvalue weighted by Gasteiger charge is -2.37. The van der Waals surface area contributed by atoms with Crippen molar-refractivity contribution in [2.75, 3.05) is 45.3 Å². The van der Waals surface area contributed by atoms with Crippen molar-refractivity contribution in [3.8, 4) is 11.5 Å². The summed E-state index contributed by atoms with van der Waals surface area (Å²) in [5.41, 5.74) is 1.21. The summed E-state index contributed by atoms with van der Waals surface area (Å²) in [4.78, 5) is 26.7. The molecule has 0 saturated carbocycles. The minimum absolute atomic E-state index is 0.0323. The van der Waals surface area contributed by atoms with Gasteiger partial charge in [0.15, 0.2) is 12.4 Å². The molecule has 31 heavy (non-hydrogen) atoms. The SMILES string of the molecule is COc1cccc(NC(=O)COc2ccc(C(=O)N3CCC4(CC3)OCCO4)cc2)c1. The lowest BCUT2D eigenvalue weighted by Crippen LogP contribution is -2.47. The van der Waals surface area contributed by atoms with Crippen molar-refractivity contribution >= 4 is 17.5 Å². The molecule has 2 aliphatic rings. The van der Waals surface area contributed by atoms with Crippen molar-refractivity contribution in [2.45, 2.75) is 18.6 Å². The molecule has 2 fully saturated rings. The van der Waals surface area contributed by atoms with Gasteiger partial charge in [-0.2, -0.15) is 0 Å². The Bertz CT molecular complexity index is 914. The average Bonchev–Trinajstić information content (AvgIpc) is 3.26. The van der Waals surface area contributed by atoms with Crippen LogP contribution in [0.3, 0.4) is 0 Å². The molecular weight excluding hydrogens is 400 g/mol. The average molecular weight is 426 g/mol. The zero-order valence-electron chi connectivity index (χ0n) is 17.5. The maximum Gasteiger partial charge on any atom is 0.262 e. The molecular formula is C23H26N2O6. The maximum absolute atomic E-state index is 12.8. The van der Waals surface area contributed by atoms with Gasteiger partial charge in [-0.05, 0) is 36.4 Å².